The Labute approximate surface area is 129 Å². The van der Waals surface area contributed by atoms with Crippen LogP contribution in [0.15, 0.2) is 48.5 Å². The van der Waals surface area contributed by atoms with Gasteiger partial charge in [0.05, 0.1) is 0 Å². The van der Waals surface area contributed by atoms with Crippen molar-refractivity contribution >= 4 is 23.4 Å². The van der Waals surface area contributed by atoms with Crippen molar-refractivity contribution in [1.82, 2.24) is 0 Å². The first-order valence-electron chi connectivity index (χ1n) is 6.70. The molecule has 1 N–H and O–H groups in total. The number of carbonyl (C=O) groups is 1. The summed E-state index contributed by atoms with van der Waals surface area (Å²) in [6.07, 6.45) is -0.465. The van der Waals surface area contributed by atoms with E-state index in [2.05, 4.69) is 5.32 Å². The van der Waals surface area contributed by atoms with Gasteiger partial charge >= 0.3 is 6.09 Å². The van der Waals surface area contributed by atoms with E-state index < -0.39 is 11.7 Å². The summed E-state index contributed by atoms with van der Waals surface area (Å²) in [6.45, 7) is 5.48. The van der Waals surface area contributed by atoms with E-state index in [1.807, 2.05) is 69.3 Å². The molecule has 110 valence electrons. The number of hydrogen-bond acceptors (Lipinski definition) is 2. The smallest absolute Gasteiger partial charge is 0.412 e. The molecule has 4 heteroatoms. The minimum Gasteiger partial charge on any atom is -0.444 e. The maximum absolute atomic E-state index is 11.7. The Hall–Kier alpha value is -2.00. The molecular weight excluding hydrogens is 286 g/mol. The number of rotatable bonds is 2. The molecule has 0 unspecified atom stereocenters. The van der Waals surface area contributed by atoms with Crippen LogP contribution in [0.5, 0.6) is 0 Å². The Morgan fingerprint density at radius 1 is 1.05 bits per heavy atom. The molecule has 0 spiro atoms. The quantitative estimate of drug-likeness (QED) is 0.811. The third-order valence-electron chi connectivity index (χ3n) is 2.72. The van der Waals surface area contributed by atoms with Gasteiger partial charge in [-0.3, -0.25) is 5.32 Å². The third-order valence-corrected chi connectivity index (χ3v) is 3.04. The Kier molecular flexibility index (Phi) is 4.53. The Morgan fingerprint density at radius 3 is 2.24 bits per heavy atom. The fourth-order valence-electron chi connectivity index (χ4n) is 1.85. The highest BCUT2D eigenvalue weighted by Gasteiger charge is 2.16. The van der Waals surface area contributed by atoms with Crippen LogP contribution in [0.2, 0.25) is 5.02 Å². The molecule has 2 rings (SSSR count). The second-order valence-corrected chi connectivity index (χ2v) is 6.09. The number of anilines is 1. The molecule has 0 heterocycles. The van der Waals surface area contributed by atoms with Gasteiger partial charge in [-0.25, -0.2) is 4.79 Å². The summed E-state index contributed by atoms with van der Waals surface area (Å²) < 4.78 is 5.20. The average Bonchev–Trinajstić information content (AvgIpc) is 2.38. The molecule has 0 bridgehead atoms. The van der Waals surface area contributed by atoms with E-state index in [0.29, 0.717) is 10.7 Å². The second kappa shape index (κ2) is 6.19. The molecule has 0 aliphatic rings. The average molecular weight is 304 g/mol. The van der Waals surface area contributed by atoms with Crippen LogP contribution in [-0.4, -0.2) is 11.7 Å². The van der Waals surface area contributed by atoms with Crippen molar-refractivity contribution < 1.29 is 9.53 Å². The first kappa shape index (κ1) is 15.4. The third kappa shape index (κ3) is 4.50. The fourth-order valence-corrected chi connectivity index (χ4v) is 2.09. The number of benzene rings is 2. The Bertz CT molecular complexity index is 630. The van der Waals surface area contributed by atoms with Crippen molar-refractivity contribution in [3.05, 3.63) is 53.6 Å². The first-order chi connectivity index (χ1) is 9.85. The molecular formula is C17H18ClNO2. The summed E-state index contributed by atoms with van der Waals surface area (Å²) in [5, 5.41) is 3.40. The first-order valence-corrected chi connectivity index (χ1v) is 7.08. The highest BCUT2D eigenvalue weighted by atomic mass is 35.5. The van der Waals surface area contributed by atoms with Gasteiger partial charge in [0.15, 0.2) is 0 Å². The van der Waals surface area contributed by atoms with Crippen molar-refractivity contribution in [1.29, 1.82) is 0 Å². The minimum atomic E-state index is -0.512. The van der Waals surface area contributed by atoms with Crippen LogP contribution < -0.4 is 5.32 Å². The summed E-state index contributed by atoms with van der Waals surface area (Å²) >= 11 is 6.17. The van der Waals surface area contributed by atoms with Gasteiger partial charge in [-0.05, 0) is 44.5 Å². The number of hydrogen-bond donors (Lipinski definition) is 1. The van der Waals surface area contributed by atoms with E-state index in [-0.39, 0.29) is 0 Å². The van der Waals surface area contributed by atoms with Gasteiger partial charge in [0.1, 0.15) is 5.60 Å². The van der Waals surface area contributed by atoms with Gasteiger partial charge in [-0.2, -0.15) is 0 Å². The number of ether oxygens (including phenoxy) is 1. The normalized spacial score (nSPS) is 11.0. The summed E-state index contributed by atoms with van der Waals surface area (Å²) in [5.74, 6) is 0. The predicted octanol–water partition coefficient (Wildman–Crippen LogP) is 5.35. The van der Waals surface area contributed by atoms with Gasteiger partial charge < -0.3 is 4.74 Å². The summed E-state index contributed by atoms with van der Waals surface area (Å²) in [7, 11) is 0. The van der Waals surface area contributed by atoms with Gasteiger partial charge in [0, 0.05) is 16.3 Å². The number of nitrogens with one attached hydrogen (secondary N) is 1. The molecule has 3 nitrogen and oxygen atoms in total. The Morgan fingerprint density at radius 2 is 1.67 bits per heavy atom. The SMILES string of the molecule is CC(C)(C)OC(=O)Nc1ccc(-c2ccccc2Cl)cc1. The van der Waals surface area contributed by atoms with E-state index in [0.717, 1.165) is 11.1 Å². The topological polar surface area (TPSA) is 38.3 Å². The molecule has 0 saturated carbocycles. The molecule has 0 radical (unpaired) electrons. The van der Waals surface area contributed by atoms with E-state index in [9.17, 15) is 4.79 Å². The zero-order chi connectivity index (χ0) is 15.5. The van der Waals surface area contributed by atoms with Crippen LogP contribution in [0.4, 0.5) is 10.5 Å². The summed E-state index contributed by atoms with van der Waals surface area (Å²) in [5.41, 5.74) is 2.13. The van der Waals surface area contributed by atoms with Crippen LogP contribution in [0, 0.1) is 0 Å². The van der Waals surface area contributed by atoms with Crippen LogP contribution in [0.1, 0.15) is 20.8 Å². The van der Waals surface area contributed by atoms with Crippen molar-refractivity contribution in [3.63, 3.8) is 0 Å². The van der Waals surface area contributed by atoms with Crippen LogP contribution >= 0.6 is 11.6 Å². The predicted molar refractivity (Wildman–Crippen MR) is 86.7 cm³/mol. The largest absolute Gasteiger partial charge is 0.444 e. The molecule has 0 aliphatic carbocycles. The number of halogens is 1. The lowest BCUT2D eigenvalue weighted by molar-refractivity contribution is 0.0636. The Balaban J connectivity index is 2.10. The zero-order valence-corrected chi connectivity index (χ0v) is 13.1. The molecule has 0 aromatic heterocycles. The van der Waals surface area contributed by atoms with Gasteiger partial charge in [-0.1, -0.05) is 41.9 Å². The standard InChI is InChI=1S/C17H18ClNO2/c1-17(2,3)21-16(20)19-13-10-8-12(9-11-13)14-6-4-5-7-15(14)18/h4-11H,1-3H3,(H,19,20). The highest BCUT2D eigenvalue weighted by Crippen LogP contribution is 2.28. The van der Waals surface area contributed by atoms with Crippen molar-refractivity contribution in [2.24, 2.45) is 0 Å². The monoisotopic (exact) mass is 303 g/mol. The highest BCUT2D eigenvalue weighted by molar-refractivity contribution is 6.33. The lowest BCUT2D eigenvalue weighted by Crippen LogP contribution is -2.27. The lowest BCUT2D eigenvalue weighted by atomic mass is 10.1. The molecule has 1 amide bonds. The van der Waals surface area contributed by atoms with Gasteiger partial charge in [-0.15, -0.1) is 0 Å². The number of amides is 1. The number of carbonyl (C=O) groups excluding carboxylic acids is 1. The zero-order valence-electron chi connectivity index (χ0n) is 12.3. The van der Waals surface area contributed by atoms with Gasteiger partial charge in [0.25, 0.3) is 0 Å². The van der Waals surface area contributed by atoms with Crippen LogP contribution in [-0.2, 0) is 4.74 Å². The summed E-state index contributed by atoms with van der Waals surface area (Å²) in [4.78, 5) is 11.7. The lowest BCUT2D eigenvalue weighted by Gasteiger charge is -2.19. The molecule has 2 aromatic rings. The van der Waals surface area contributed by atoms with Crippen LogP contribution in [0.3, 0.4) is 0 Å². The van der Waals surface area contributed by atoms with E-state index in [1.165, 1.54) is 0 Å². The fraction of sp³-hybridized carbons (Fsp3) is 0.235. The molecule has 21 heavy (non-hydrogen) atoms. The molecule has 0 fully saturated rings. The van der Waals surface area contributed by atoms with Crippen LogP contribution in [0.25, 0.3) is 11.1 Å². The van der Waals surface area contributed by atoms with Crippen molar-refractivity contribution in [2.45, 2.75) is 26.4 Å². The minimum absolute atomic E-state index is 0.465. The maximum atomic E-state index is 11.7. The van der Waals surface area contributed by atoms with Crippen molar-refractivity contribution in [2.75, 3.05) is 5.32 Å². The van der Waals surface area contributed by atoms with Crippen molar-refractivity contribution in [3.8, 4) is 11.1 Å². The van der Waals surface area contributed by atoms with E-state index in [4.69, 9.17) is 16.3 Å². The van der Waals surface area contributed by atoms with Gasteiger partial charge in [0.2, 0.25) is 0 Å². The second-order valence-electron chi connectivity index (χ2n) is 5.68. The van der Waals surface area contributed by atoms with E-state index in [1.54, 1.807) is 0 Å². The molecule has 0 saturated heterocycles. The molecule has 0 aliphatic heterocycles. The molecule has 0 atom stereocenters. The molecule has 2 aromatic carbocycles. The summed E-state index contributed by atoms with van der Waals surface area (Å²) in [6, 6.07) is 15.1. The van der Waals surface area contributed by atoms with E-state index >= 15 is 0 Å². The maximum Gasteiger partial charge on any atom is 0.412 e.